The van der Waals surface area contributed by atoms with E-state index in [-0.39, 0.29) is 11.6 Å². The van der Waals surface area contributed by atoms with Crippen molar-refractivity contribution >= 4 is 29.0 Å². The normalized spacial score (nSPS) is 11.9. The van der Waals surface area contributed by atoms with Crippen molar-refractivity contribution in [3.8, 4) is 0 Å². The highest BCUT2D eigenvalue weighted by atomic mass is 32.2. The van der Waals surface area contributed by atoms with Crippen LogP contribution in [0.3, 0.4) is 0 Å². The van der Waals surface area contributed by atoms with Gasteiger partial charge in [0, 0.05) is 6.07 Å². The molecular formula is C12H17N3O3S. The predicted octanol–water partition coefficient (Wildman–Crippen LogP) is 1.92. The topological polar surface area (TPSA) is 98.3 Å². The molecule has 0 unspecified atom stereocenters. The Morgan fingerprint density at radius 2 is 2.26 bits per heavy atom. The summed E-state index contributed by atoms with van der Waals surface area (Å²) in [6.45, 7) is 1.60. The Morgan fingerprint density at radius 3 is 2.84 bits per heavy atom. The molecule has 0 spiro atoms. The van der Waals surface area contributed by atoms with E-state index >= 15 is 0 Å². The molecule has 1 amide bonds. The number of nitro benzene ring substituents is 1. The van der Waals surface area contributed by atoms with Gasteiger partial charge in [-0.25, -0.2) is 0 Å². The van der Waals surface area contributed by atoms with Crippen LogP contribution in [-0.4, -0.2) is 28.9 Å². The molecule has 0 radical (unpaired) electrons. The van der Waals surface area contributed by atoms with E-state index in [0.29, 0.717) is 17.7 Å². The number of hydrogen-bond donors (Lipinski definition) is 2. The van der Waals surface area contributed by atoms with Crippen molar-refractivity contribution in [2.24, 2.45) is 5.73 Å². The van der Waals surface area contributed by atoms with Crippen LogP contribution < -0.4 is 11.1 Å². The summed E-state index contributed by atoms with van der Waals surface area (Å²) in [4.78, 5) is 22.2. The van der Waals surface area contributed by atoms with Crippen molar-refractivity contribution < 1.29 is 9.72 Å². The summed E-state index contributed by atoms with van der Waals surface area (Å²) in [6, 6.07) is 3.96. The standard InChI is InChI=1S/C12H17N3O3S/c1-8-10(4-3-5-11(8)15(17)18)14-12(16)9(13)6-7-19-2/h3-5,9H,6-7,13H2,1-2H3,(H,14,16)/t9-/m1/s1. The number of nitrogens with two attached hydrogens (primary N) is 1. The molecular weight excluding hydrogens is 266 g/mol. The Kier molecular flexibility index (Phi) is 5.78. The lowest BCUT2D eigenvalue weighted by molar-refractivity contribution is -0.385. The Bertz CT molecular complexity index is 479. The van der Waals surface area contributed by atoms with E-state index in [2.05, 4.69) is 5.32 Å². The fourth-order valence-corrected chi connectivity index (χ4v) is 2.05. The second kappa shape index (κ2) is 7.10. The summed E-state index contributed by atoms with van der Waals surface area (Å²) >= 11 is 1.61. The van der Waals surface area contributed by atoms with Gasteiger partial charge in [-0.15, -0.1) is 0 Å². The first-order valence-electron chi connectivity index (χ1n) is 5.76. The number of carbonyl (C=O) groups excluding carboxylic acids is 1. The molecule has 0 saturated carbocycles. The highest BCUT2D eigenvalue weighted by molar-refractivity contribution is 7.98. The molecule has 19 heavy (non-hydrogen) atoms. The van der Waals surface area contributed by atoms with Gasteiger partial charge in [-0.05, 0) is 31.4 Å². The number of rotatable bonds is 6. The molecule has 0 aliphatic carbocycles. The number of nitro groups is 1. The lowest BCUT2D eigenvalue weighted by Gasteiger charge is -2.13. The summed E-state index contributed by atoms with van der Waals surface area (Å²) < 4.78 is 0. The number of amides is 1. The van der Waals surface area contributed by atoms with Gasteiger partial charge in [-0.2, -0.15) is 11.8 Å². The lowest BCUT2D eigenvalue weighted by atomic mass is 10.1. The summed E-state index contributed by atoms with van der Waals surface area (Å²) in [5, 5.41) is 13.4. The van der Waals surface area contributed by atoms with Gasteiger partial charge < -0.3 is 11.1 Å². The van der Waals surface area contributed by atoms with Crippen LogP contribution >= 0.6 is 11.8 Å². The number of carbonyl (C=O) groups is 1. The van der Waals surface area contributed by atoms with Crippen molar-refractivity contribution in [3.63, 3.8) is 0 Å². The maximum Gasteiger partial charge on any atom is 0.274 e. The Labute approximate surface area is 115 Å². The third-order valence-corrected chi connectivity index (χ3v) is 3.37. The zero-order valence-corrected chi connectivity index (χ0v) is 11.7. The average molecular weight is 283 g/mol. The maximum absolute atomic E-state index is 11.8. The molecule has 1 atom stereocenters. The third kappa shape index (κ3) is 4.22. The summed E-state index contributed by atoms with van der Waals surface area (Å²) in [5.74, 6) is 0.473. The zero-order chi connectivity index (χ0) is 14.4. The Morgan fingerprint density at radius 1 is 1.58 bits per heavy atom. The zero-order valence-electron chi connectivity index (χ0n) is 10.9. The fraction of sp³-hybridized carbons (Fsp3) is 0.417. The van der Waals surface area contributed by atoms with Crippen LogP contribution in [-0.2, 0) is 4.79 Å². The molecule has 0 saturated heterocycles. The number of nitrogens with zero attached hydrogens (tertiary/aromatic N) is 1. The molecule has 104 valence electrons. The molecule has 3 N–H and O–H groups in total. The molecule has 1 rings (SSSR count). The van der Waals surface area contributed by atoms with Crippen LogP contribution in [0, 0.1) is 17.0 Å². The van der Waals surface area contributed by atoms with Gasteiger partial charge in [-0.1, -0.05) is 6.07 Å². The van der Waals surface area contributed by atoms with Gasteiger partial charge in [0.25, 0.3) is 5.69 Å². The molecule has 0 aliphatic rings. The smallest absolute Gasteiger partial charge is 0.274 e. The highest BCUT2D eigenvalue weighted by Crippen LogP contribution is 2.25. The van der Waals surface area contributed by atoms with Crippen LogP contribution in [0.1, 0.15) is 12.0 Å². The van der Waals surface area contributed by atoms with Crippen molar-refractivity contribution in [2.75, 3.05) is 17.3 Å². The minimum absolute atomic E-state index is 0.0181. The number of benzene rings is 1. The maximum atomic E-state index is 11.8. The molecule has 0 fully saturated rings. The van der Waals surface area contributed by atoms with Crippen molar-refractivity contribution in [1.82, 2.24) is 0 Å². The summed E-state index contributed by atoms with van der Waals surface area (Å²) in [5.41, 5.74) is 6.58. The molecule has 0 heterocycles. The first-order chi connectivity index (χ1) is 8.97. The van der Waals surface area contributed by atoms with E-state index in [1.165, 1.54) is 12.1 Å². The van der Waals surface area contributed by atoms with Crippen LogP contribution in [0.25, 0.3) is 0 Å². The Balaban J connectivity index is 2.80. The quantitative estimate of drug-likeness (QED) is 0.614. The van der Waals surface area contributed by atoms with E-state index in [1.807, 2.05) is 6.26 Å². The van der Waals surface area contributed by atoms with Gasteiger partial charge in [0.05, 0.1) is 22.2 Å². The van der Waals surface area contributed by atoms with Crippen LogP contribution in [0.4, 0.5) is 11.4 Å². The van der Waals surface area contributed by atoms with Gasteiger partial charge >= 0.3 is 0 Å². The largest absolute Gasteiger partial charge is 0.324 e. The lowest BCUT2D eigenvalue weighted by Crippen LogP contribution is -2.36. The van der Waals surface area contributed by atoms with Crippen molar-refractivity contribution in [3.05, 3.63) is 33.9 Å². The van der Waals surface area contributed by atoms with Gasteiger partial charge in [0.2, 0.25) is 5.91 Å². The molecule has 0 aromatic heterocycles. The number of nitrogens with one attached hydrogen (secondary N) is 1. The number of thioether (sulfide) groups is 1. The minimum Gasteiger partial charge on any atom is -0.324 e. The first kappa shape index (κ1) is 15.5. The number of anilines is 1. The van der Waals surface area contributed by atoms with Crippen LogP contribution in [0.15, 0.2) is 18.2 Å². The van der Waals surface area contributed by atoms with Crippen LogP contribution in [0.5, 0.6) is 0 Å². The molecule has 6 nitrogen and oxygen atoms in total. The molecule has 0 aliphatic heterocycles. The fourth-order valence-electron chi connectivity index (χ4n) is 1.56. The SMILES string of the molecule is CSCC[C@@H](N)C(=O)Nc1cccc([N+](=O)[O-])c1C. The van der Waals surface area contributed by atoms with Gasteiger partial charge in [-0.3, -0.25) is 14.9 Å². The van der Waals surface area contributed by atoms with E-state index in [9.17, 15) is 14.9 Å². The van der Waals surface area contributed by atoms with Crippen molar-refractivity contribution in [1.29, 1.82) is 0 Å². The highest BCUT2D eigenvalue weighted by Gasteiger charge is 2.17. The van der Waals surface area contributed by atoms with E-state index < -0.39 is 11.0 Å². The molecule has 7 heteroatoms. The first-order valence-corrected chi connectivity index (χ1v) is 7.16. The second-order valence-corrected chi connectivity index (χ2v) is 5.07. The molecule has 0 bridgehead atoms. The molecule has 1 aromatic rings. The van der Waals surface area contributed by atoms with Gasteiger partial charge in [0.15, 0.2) is 0 Å². The van der Waals surface area contributed by atoms with Crippen molar-refractivity contribution in [2.45, 2.75) is 19.4 Å². The van der Waals surface area contributed by atoms with E-state index in [1.54, 1.807) is 24.8 Å². The Hall–Kier alpha value is -1.60. The van der Waals surface area contributed by atoms with E-state index in [0.717, 1.165) is 5.75 Å². The van der Waals surface area contributed by atoms with Crippen LogP contribution in [0.2, 0.25) is 0 Å². The summed E-state index contributed by atoms with van der Waals surface area (Å²) in [6.07, 6.45) is 2.51. The molecule has 1 aromatic carbocycles. The minimum atomic E-state index is -0.605. The second-order valence-electron chi connectivity index (χ2n) is 4.08. The van der Waals surface area contributed by atoms with Gasteiger partial charge in [0.1, 0.15) is 0 Å². The summed E-state index contributed by atoms with van der Waals surface area (Å²) in [7, 11) is 0. The monoisotopic (exact) mass is 283 g/mol. The average Bonchev–Trinajstić information content (AvgIpc) is 2.37. The predicted molar refractivity (Wildman–Crippen MR) is 77.4 cm³/mol. The third-order valence-electron chi connectivity index (χ3n) is 2.73. The van der Waals surface area contributed by atoms with E-state index in [4.69, 9.17) is 5.73 Å². The number of hydrogen-bond acceptors (Lipinski definition) is 5.